The minimum Gasteiger partial charge on any atom is -0.496 e. The molecule has 3 N–H and O–H groups in total. The Balaban J connectivity index is 1.25. The van der Waals surface area contributed by atoms with Crippen molar-refractivity contribution in [3.05, 3.63) is 100 Å². The van der Waals surface area contributed by atoms with E-state index in [0.29, 0.717) is 42.9 Å². The zero-order valence-electron chi connectivity index (χ0n) is 19.7. The molecule has 0 saturated carbocycles. The smallest absolute Gasteiger partial charge is 0.255 e. The highest BCUT2D eigenvalue weighted by atomic mass is 16.5. The van der Waals surface area contributed by atoms with Gasteiger partial charge in [0.05, 0.1) is 18.8 Å². The molecule has 0 aromatic heterocycles. The van der Waals surface area contributed by atoms with E-state index in [9.17, 15) is 14.7 Å². The van der Waals surface area contributed by atoms with Crippen molar-refractivity contribution in [2.24, 2.45) is 0 Å². The van der Waals surface area contributed by atoms with Gasteiger partial charge in [-0.25, -0.2) is 0 Å². The topological polar surface area (TPSA) is 90.9 Å². The monoisotopic (exact) mass is 471 g/mol. The van der Waals surface area contributed by atoms with Gasteiger partial charge in [-0.3, -0.25) is 9.59 Å². The van der Waals surface area contributed by atoms with Crippen molar-refractivity contribution in [1.29, 1.82) is 0 Å². The Morgan fingerprint density at radius 1 is 1.11 bits per heavy atom. The molecule has 7 nitrogen and oxygen atoms in total. The van der Waals surface area contributed by atoms with E-state index in [1.807, 2.05) is 42.5 Å². The van der Waals surface area contributed by atoms with Crippen LogP contribution in [0.3, 0.4) is 0 Å². The molecule has 3 aromatic rings. The lowest BCUT2D eigenvalue weighted by atomic mass is 9.93. The van der Waals surface area contributed by atoms with Crippen LogP contribution in [0.2, 0.25) is 0 Å². The normalized spacial score (nSPS) is 17.5. The Bertz CT molecular complexity index is 1240. The fourth-order valence-electron chi connectivity index (χ4n) is 4.87. The van der Waals surface area contributed by atoms with Crippen LogP contribution in [-0.4, -0.2) is 47.6 Å². The third-order valence-corrected chi connectivity index (χ3v) is 6.81. The first-order valence-corrected chi connectivity index (χ1v) is 11.8. The quantitative estimate of drug-likeness (QED) is 0.493. The molecule has 2 amide bonds. The lowest BCUT2D eigenvalue weighted by Gasteiger charge is -2.30. The highest BCUT2D eigenvalue weighted by Gasteiger charge is 2.31. The zero-order chi connectivity index (χ0) is 24.4. The van der Waals surface area contributed by atoms with E-state index in [1.54, 1.807) is 17.0 Å². The number of carbonyl (C=O) groups excluding carboxylic acids is 2. The molecule has 0 aliphatic carbocycles. The van der Waals surface area contributed by atoms with Crippen molar-refractivity contribution in [1.82, 2.24) is 15.5 Å². The number of methoxy groups -OCH3 is 1. The maximum absolute atomic E-state index is 13.0. The molecule has 0 saturated heterocycles. The largest absolute Gasteiger partial charge is 0.496 e. The number of aliphatic hydroxyl groups is 1. The molecular formula is C28H29N3O4. The van der Waals surface area contributed by atoms with Crippen molar-refractivity contribution in [2.45, 2.75) is 38.2 Å². The molecule has 3 aromatic carbocycles. The summed E-state index contributed by atoms with van der Waals surface area (Å²) < 4.78 is 5.45. The SMILES string of the molecule is COc1cc2c(cc1C(=O)NCC(O)[C@@H]1Cc3ccccc3CN1)CN(Cc1ccccc1)C2=O. The number of hydrogen-bond acceptors (Lipinski definition) is 5. The van der Waals surface area contributed by atoms with Crippen LogP contribution in [0, 0.1) is 0 Å². The lowest BCUT2D eigenvalue weighted by Crippen LogP contribution is -2.49. The van der Waals surface area contributed by atoms with Gasteiger partial charge in [-0.2, -0.15) is 0 Å². The third-order valence-electron chi connectivity index (χ3n) is 6.81. The lowest BCUT2D eigenvalue weighted by molar-refractivity contribution is 0.0766. The number of rotatable bonds is 7. The number of aliphatic hydroxyl groups excluding tert-OH is 1. The summed E-state index contributed by atoms with van der Waals surface area (Å²) in [6, 6.07) is 21.2. The highest BCUT2D eigenvalue weighted by Crippen LogP contribution is 2.31. The standard InChI is InChI=1S/C28H29N3O4/c1-35-26-13-22-21(17-31(28(22)34)16-18-7-3-2-4-8-18)11-23(26)27(33)30-15-25(32)24-12-19-9-5-6-10-20(19)14-29-24/h2-11,13,24-25,29,32H,12,14-17H2,1H3,(H,30,33)/t24-,25?/m0/s1. The van der Waals surface area contributed by atoms with E-state index >= 15 is 0 Å². The number of amides is 2. The summed E-state index contributed by atoms with van der Waals surface area (Å²) in [5.74, 6) is -0.0718. The van der Waals surface area contributed by atoms with Crippen LogP contribution in [0.1, 0.15) is 43.0 Å². The second-order valence-electron chi connectivity index (χ2n) is 9.09. The number of benzene rings is 3. The summed E-state index contributed by atoms with van der Waals surface area (Å²) in [6.45, 7) is 1.74. The molecule has 2 heterocycles. The molecule has 35 heavy (non-hydrogen) atoms. The van der Waals surface area contributed by atoms with Gasteiger partial charge in [0.25, 0.3) is 11.8 Å². The average Bonchev–Trinajstić information content (AvgIpc) is 3.20. The Hall–Kier alpha value is -3.68. The third kappa shape index (κ3) is 4.78. The van der Waals surface area contributed by atoms with E-state index in [0.717, 1.165) is 11.1 Å². The fraction of sp³-hybridized carbons (Fsp3) is 0.286. The maximum atomic E-state index is 13.0. The molecular weight excluding hydrogens is 442 g/mol. The van der Waals surface area contributed by atoms with Crippen LogP contribution in [0.4, 0.5) is 0 Å². The molecule has 2 atom stereocenters. The molecule has 0 fully saturated rings. The number of carbonyl (C=O) groups is 2. The van der Waals surface area contributed by atoms with Gasteiger partial charge in [-0.05, 0) is 40.8 Å². The molecule has 2 aliphatic heterocycles. The van der Waals surface area contributed by atoms with E-state index in [2.05, 4.69) is 22.8 Å². The molecule has 1 unspecified atom stereocenters. The first-order chi connectivity index (χ1) is 17.0. The van der Waals surface area contributed by atoms with Gasteiger partial charge in [0.1, 0.15) is 5.75 Å². The number of fused-ring (bicyclic) bond motifs is 2. The molecule has 0 spiro atoms. The van der Waals surface area contributed by atoms with E-state index < -0.39 is 6.10 Å². The first-order valence-electron chi connectivity index (χ1n) is 11.8. The van der Waals surface area contributed by atoms with E-state index in [-0.39, 0.29) is 24.4 Å². The predicted molar refractivity (Wildman–Crippen MR) is 132 cm³/mol. The molecule has 0 radical (unpaired) electrons. The highest BCUT2D eigenvalue weighted by molar-refractivity contribution is 6.03. The molecule has 0 bridgehead atoms. The van der Waals surface area contributed by atoms with Gasteiger partial charge in [-0.15, -0.1) is 0 Å². The van der Waals surface area contributed by atoms with Crippen LogP contribution in [0.5, 0.6) is 5.75 Å². The first kappa shape index (κ1) is 23.1. The summed E-state index contributed by atoms with van der Waals surface area (Å²) in [6.07, 6.45) is -0.0370. The number of ether oxygens (including phenoxy) is 1. The summed E-state index contributed by atoms with van der Waals surface area (Å²) in [5, 5.41) is 16.9. The van der Waals surface area contributed by atoms with Crippen LogP contribution >= 0.6 is 0 Å². The van der Waals surface area contributed by atoms with E-state index in [1.165, 1.54) is 18.2 Å². The van der Waals surface area contributed by atoms with Gasteiger partial charge in [0.2, 0.25) is 0 Å². The number of nitrogens with zero attached hydrogens (tertiary/aromatic N) is 1. The fourth-order valence-corrected chi connectivity index (χ4v) is 4.87. The number of nitrogens with one attached hydrogen (secondary N) is 2. The van der Waals surface area contributed by atoms with Crippen LogP contribution < -0.4 is 15.4 Å². The van der Waals surface area contributed by atoms with Gasteiger partial charge in [-0.1, -0.05) is 54.6 Å². The van der Waals surface area contributed by atoms with Gasteiger partial charge in [0, 0.05) is 37.8 Å². The van der Waals surface area contributed by atoms with Gasteiger partial charge < -0.3 is 25.4 Å². The van der Waals surface area contributed by atoms with Crippen molar-refractivity contribution in [3.8, 4) is 5.75 Å². The average molecular weight is 472 g/mol. The minimum atomic E-state index is -0.740. The minimum absolute atomic E-state index is 0.0758. The number of hydrogen-bond donors (Lipinski definition) is 3. The van der Waals surface area contributed by atoms with Crippen molar-refractivity contribution < 1.29 is 19.4 Å². The van der Waals surface area contributed by atoms with Crippen molar-refractivity contribution in [2.75, 3.05) is 13.7 Å². The summed E-state index contributed by atoms with van der Waals surface area (Å²) in [5.41, 5.74) is 5.20. The molecule has 180 valence electrons. The van der Waals surface area contributed by atoms with Gasteiger partial charge in [0.15, 0.2) is 0 Å². The Kier molecular flexibility index (Phi) is 6.53. The Morgan fingerprint density at radius 3 is 2.63 bits per heavy atom. The summed E-state index contributed by atoms with van der Waals surface area (Å²) >= 11 is 0. The molecule has 7 heteroatoms. The summed E-state index contributed by atoms with van der Waals surface area (Å²) in [7, 11) is 1.48. The van der Waals surface area contributed by atoms with E-state index in [4.69, 9.17) is 4.74 Å². The van der Waals surface area contributed by atoms with Gasteiger partial charge >= 0.3 is 0 Å². The second-order valence-corrected chi connectivity index (χ2v) is 9.09. The molecule has 5 rings (SSSR count). The van der Waals surface area contributed by atoms with Crippen LogP contribution in [0.25, 0.3) is 0 Å². The second kappa shape index (κ2) is 9.90. The Morgan fingerprint density at radius 2 is 1.86 bits per heavy atom. The predicted octanol–water partition coefficient (Wildman–Crippen LogP) is 2.66. The maximum Gasteiger partial charge on any atom is 0.255 e. The summed E-state index contributed by atoms with van der Waals surface area (Å²) in [4.78, 5) is 27.8. The molecule has 2 aliphatic rings. The van der Waals surface area contributed by atoms with Crippen LogP contribution in [-0.2, 0) is 26.1 Å². The van der Waals surface area contributed by atoms with Crippen molar-refractivity contribution >= 4 is 11.8 Å². The van der Waals surface area contributed by atoms with Crippen LogP contribution in [0.15, 0.2) is 66.7 Å². The van der Waals surface area contributed by atoms with Crippen molar-refractivity contribution in [3.63, 3.8) is 0 Å². The Labute approximate surface area is 204 Å². The zero-order valence-corrected chi connectivity index (χ0v) is 19.7.